The van der Waals surface area contributed by atoms with E-state index in [9.17, 15) is 9.90 Å². The predicted octanol–water partition coefficient (Wildman–Crippen LogP) is 8.43. The second-order valence-electron chi connectivity index (χ2n) is 13.1. The summed E-state index contributed by atoms with van der Waals surface area (Å²) in [6, 6.07) is 12.5. The van der Waals surface area contributed by atoms with E-state index in [0.29, 0.717) is 18.3 Å². The van der Waals surface area contributed by atoms with Crippen LogP contribution in [0, 0.1) is 13.8 Å². The Balaban J connectivity index is 1.37. The van der Waals surface area contributed by atoms with Crippen LogP contribution in [0.3, 0.4) is 0 Å². The Labute approximate surface area is 282 Å². The number of ether oxygens (including phenoxy) is 2. The van der Waals surface area contributed by atoms with Gasteiger partial charge in [0, 0.05) is 41.7 Å². The van der Waals surface area contributed by atoms with E-state index in [1.165, 1.54) is 5.56 Å². The molecule has 2 aliphatic rings. The summed E-state index contributed by atoms with van der Waals surface area (Å²) in [5.41, 5.74) is 10.7. The number of aliphatic carboxylic acids is 1. The monoisotopic (exact) mass is 659 g/mol. The number of hydrogen-bond donors (Lipinski definition) is 1. The molecule has 2 aromatic carbocycles. The summed E-state index contributed by atoms with van der Waals surface area (Å²) in [5.74, 6) is 1.15. The summed E-state index contributed by atoms with van der Waals surface area (Å²) >= 11 is 1.57. The number of fused-ring (bicyclic) bond motifs is 9. The maximum absolute atomic E-state index is 12.2. The number of nitrogens with zero attached hydrogens (tertiary/aromatic N) is 5. The van der Waals surface area contributed by atoms with E-state index < -0.39 is 5.97 Å². The first kappa shape index (κ1) is 30.5. The van der Waals surface area contributed by atoms with Crippen LogP contribution in [0.1, 0.15) is 67.3 Å². The molecule has 9 nitrogen and oxygen atoms in total. The summed E-state index contributed by atoms with van der Waals surface area (Å²) in [6.07, 6.45) is 8.58. The van der Waals surface area contributed by atoms with E-state index in [0.717, 1.165) is 109 Å². The molecule has 244 valence electrons. The molecule has 2 atom stereocenters. The van der Waals surface area contributed by atoms with Crippen LogP contribution in [0.25, 0.3) is 54.2 Å². The van der Waals surface area contributed by atoms with Gasteiger partial charge in [-0.3, -0.25) is 14.5 Å². The van der Waals surface area contributed by atoms with Crippen molar-refractivity contribution in [1.29, 1.82) is 0 Å². The molecule has 0 spiro atoms. The zero-order valence-corrected chi connectivity index (χ0v) is 28.4. The van der Waals surface area contributed by atoms with E-state index in [1.54, 1.807) is 17.5 Å². The third-order valence-corrected chi connectivity index (χ3v) is 11.0. The van der Waals surface area contributed by atoms with Crippen LogP contribution < -0.4 is 9.47 Å². The van der Waals surface area contributed by atoms with Gasteiger partial charge in [-0.2, -0.15) is 5.10 Å². The number of rotatable bonds is 2. The van der Waals surface area contributed by atoms with Crippen molar-refractivity contribution in [3.63, 3.8) is 0 Å². The molecule has 4 aromatic heterocycles. The minimum Gasteiger partial charge on any atom is -0.493 e. The molecule has 10 heteroatoms. The molecular formula is C38H37N5O4S. The molecular weight excluding hydrogens is 623 g/mol. The van der Waals surface area contributed by atoms with Gasteiger partial charge >= 0.3 is 5.97 Å². The van der Waals surface area contributed by atoms with Crippen LogP contribution in [0.5, 0.6) is 11.5 Å². The first-order chi connectivity index (χ1) is 23.2. The highest BCUT2D eigenvalue weighted by atomic mass is 32.1. The zero-order valence-electron chi connectivity index (χ0n) is 27.5. The molecule has 48 heavy (non-hydrogen) atoms. The average Bonchev–Trinajstić information content (AvgIpc) is 3.65. The lowest BCUT2D eigenvalue weighted by Crippen LogP contribution is -2.15. The van der Waals surface area contributed by atoms with Crippen LogP contribution >= 0.6 is 11.3 Å². The molecule has 0 saturated carbocycles. The molecule has 2 aliphatic heterocycles. The number of pyridine rings is 2. The number of carboxylic acids is 1. The van der Waals surface area contributed by atoms with Gasteiger partial charge in [0.15, 0.2) is 0 Å². The molecule has 1 unspecified atom stereocenters. The molecule has 6 heterocycles. The summed E-state index contributed by atoms with van der Waals surface area (Å²) in [4.78, 5) is 27.2. The van der Waals surface area contributed by atoms with Gasteiger partial charge < -0.3 is 14.6 Å². The van der Waals surface area contributed by atoms with Gasteiger partial charge in [-0.25, -0.2) is 9.97 Å². The maximum atomic E-state index is 12.2. The topological polar surface area (TPSA) is 112 Å². The fraction of sp³-hybridized carbons (Fsp3) is 0.342. The third kappa shape index (κ3) is 5.38. The number of carbonyl (C=O) groups is 1. The lowest BCUT2D eigenvalue weighted by molar-refractivity contribution is -0.136. The van der Waals surface area contributed by atoms with Crippen molar-refractivity contribution >= 4 is 38.6 Å². The minimum absolute atomic E-state index is 0.0133. The molecule has 0 amide bonds. The molecule has 0 aliphatic carbocycles. The molecule has 0 saturated heterocycles. The smallest absolute Gasteiger partial charge is 0.307 e. The van der Waals surface area contributed by atoms with Gasteiger partial charge in [0.25, 0.3) is 0 Å². The fourth-order valence-corrected chi connectivity index (χ4v) is 8.41. The normalized spacial score (nSPS) is 17.7. The van der Waals surface area contributed by atoms with Crippen molar-refractivity contribution in [2.45, 2.75) is 71.3 Å². The number of hydrogen-bond acceptors (Lipinski definition) is 8. The van der Waals surface area contributed by atoms with Crippen molar-refractivity contribution in [2.24, 2.45) is 7.05 Å². The lowest BCUT2D eigenvalue weighted by atomic mass is 9.85. The van der Waals surface area contributed by atoms with Crippen molar-refractivity contribution < 1.29 is 19.4 Å². The van der Waals surface area contributed by atoms with Crippen molar-refractivity contribution in [2.75, 3.05) is 6.61 Å². The van der Waals surface area contributed by atoms with Gasteiger partial charge in [-0.05, 0) is 98.9 Å². The average molecular weight is 660 g/mol. The maximum Gasteiger partial charge on any atom is 0.307 e. The summed E-state index contributed by atoms with van der Waals surface area (Å²) < 4.78 is 15.6. The molecule has 0 radical (unpaired) electrons. The second kappa shape index (κ2) is 12.0. The predicted molar refractivity (Wildman–Crippen MR) is 188 cm³/mol. The lowest BCUT2D eigenvalue weighted by Gasteiger charge is -2.27. The molecule has 0 fully saturated rings. The minimum atomic E-state index is -0.856. The highest BCUT2D eigenvalue weighted by molar-refractivity contribution is 7.22. The van der Waals surface area contributed by atoms with E-state index in [1.807, 2.05) is 43.9 Å². The number of aryl methyl sites for hydroxylation is 3. The van der Waals surface area contributed by atoms with Crippen molar-refractivity contribution in [3.8, 4) is 44.5 Å². The molecule has 6 bridgehead atoms. The highest BCUT2D eigenvalue weighted by Gasteiger charge is 2.26. The third-order valence-electron chi connectivity index (χ3n) is 9.83. The summed E-state index contributed by atoms with van der Waals surface area (Å²) in [6.45, 7) is 6.80. The van der Waals surface area contributed by atoms with Gasteiger partial charge in [0.2, 0.25) is 0 Å². The SMILES string of the molecule is Cc1cc2nc3sc2c(c1CC(=O)O)-c1ccc2c(c1)C(CCCC[C@H](C)Oc1cc4c(cnn4C)nc1-c1cc-3cnc1C)CCO2. The first-order valence-corrected chi connectivity index (χ1v) is 17.4. The standard InChI is InChI=1S/C38H37N5O4S/c1-20-13-29-37-35(26(20)16-34(44)45)24-9-10-32-28(14-24)23(11-12-46-32)8-6-5-7-21(2)47-33-17-31-30(19-40-43(31)4)41-36(33)27-15-25(18-39-22(27)3)38(42-29)48-37/h9-10,13-15,17-19,21,23H,5-8,11-12,16H2,1-4H3,(H,44,45)/t21-,23?/m0/s1. The highest BCUT2D eigenvalue weighted by Crippen LogP contribution is 2.45. The van der Waals surface area contributed by atoms with E-state index in [-0.39, 0.29) is 12.5 Å². The Morgan fingerprint density at radius 2 is 1.85 bits per heavy atom. The Morgan fingerprint density at radius 1 is 1.00 bits per heavy atom. The largest absolute Gasteiger partial charge is 0.493 e. The molecule has 1 N–H and O–H groups in total. The zero-order chi connectivity index (χ0) is 33.1. The van der Waals surface area contributed by atoms with E-state index >= 15 is 0 Å². The van der Waals surface area contributed by atoms with E-state index in [4.69, 9.17) is 24.4 Å². The van der Waals surface area contributed by atoms with Crippen LogP contribution in [-0.4, -0.2) is 48.5 Å². The Bertz CT molecular complexity index is 2240. The molecule has 6 aromatic rings. The van der Waals surface area contributed by atoms with Crippen LogP contribution in [-0.2, 0) is 18.3 Å². The molecule has 8 rings (SSSR count). The van der Waals surface area contributed by atoms with Gasteiger partial charge in [-0.1, -0.05) is 12.5 Å². The van der Waals surface area contributed by atoms with Crippen LogP contribution in [0.4, 0.5) is 0 Å². The quantitative estimate of drug-likeness (QED) is 0.197. The van der Waals surface area contributed by atoms with Gasteiger partial charge in [0.1, 0.15) is 27.7 Å². The van der Waals surface area contributed by atoms with Gasteiger partial charge in [-0.15, -0.1) is 11.3 Å². The van der Waals surface area contributed by atoms with Crippen LogP contribution in [0.2, 0.25) is 0 Å². The van der Waals surface area contributed by atoms with Gasteiger partial charge in [0.05, 0.1) is 41.1 Å². The number of benzene rings is 2. The van der Waals surface area contributed by atoms with Crippen molar-refractivity contribution in [1.82, 2.24) is 24.7 Å². The number of aromatic nitrogens is 5. The Morgan fingerprint density at radius 3 is 2.71 bits per heavy atom. The summed E-state index contributed by atoms with van der Waals surface area (Å²) in [7, 11) is 1.92. The number of thiazole rings is 1. The fourth-order valence-electron chi connectivity index (χ4n) is 7.29. The Kier molecular flexibility index (Phi) is 7.63. The van der Waals surface area contributed by atoms with E-state index in [2.05, 4.69) is 36.3 Å². The Hall–Kier alpha value is -4.83. The van der Waals surface area contributed by atoms with Crippen molar-refractivity contribution in [3.05, 3.63) is 71.2 Å². The first-order valence-electron chi connectivity index (χ1n) is 16.6. The summed E-state index contributed by atoms with van der Waals surface area (Å²) in [5, 5.41) is 15.2. The second-order valence-corrected chi connectivity index (χ2v) is 14.1. The number of carboxylic acid groups (broad SMARTS) is 1. The van der Waals surface area contributed by atoms with Crippen LogP contribution in [0.15, 0.2) is 48.8 Å².